The van der Waals surface area contributed by atoms with Crippen molar-refractivity contribution < 1.29 is 0 Å². The van der Waals surface area contributed by atoms with E-state index in [2.05, 4.69) is 40.8 Å². The molecule has 0 saturated heterocycles. The van der Waals surface area contributed by atoms with Crippen molar-refractivity contribution in [2.75, 3.05) is 6.26 Å². The summed E-state index contributed by atoms with van der Waals surface area (Å²) in [5.41, 5.74) is 2.61. The number of rotatable bonds is 4. The quantitative estimate of drug-likeness (QED) is 0.884. The van der Waals surface area contributed by atoms with Crippen LogP contribution in [0, 0.1) is 0 Å². The molecule has 1 aliphatic rings. The summed E-state index contributed by atoms with van der Waals surface area (Å²) < 4.78 is 0. The molecule has 0 spiro atoms. The van der Waals surface area contributed by atoms with E-state index >= 15 is 0 Å². The summed E-state index contributed by atoms with van der Waals surface area (Å²) in [6.45, 7) is 0.996. The van der Waals surface area contributed by atoms with Crippen molar-refractivity contribution in [1.29, 1.82) is 0 Å². The second-order valence-corrected chi connectivity index (χ2v) is 6.63. The molecule has 2 aromatic rings. The number of hydrogen-bond acceptors (Lipinski definition) is 2. The van der Waals surface area contributed by atoms with Crippen LogP contribution in [-0.2, 0) is 6.54 Å². The van der Waals surface area contributed by atoms with Gasteiger partial charge in [0.15, 0.2) is 0 Å². The molecule has 1 aromatic heterocycles. The van der Waals surface area contributed by atoms with Gasteiger partial charge in [-0.05, 0) is 61.1 Å². The van der Waals surface area contributed by atoms with Crippen LogP contribution in [0.1, 0.15) is 31.2 Å². The van der Waals surface area contributed by atoms with Crippen molar-refractivity contribution in [3.8, 4) is 0 Å². The van der Waals surface area contributed by atoms with Gasteiger partial charge in [0.25, 0.3) is 0 Å². The lowest BCUT2D eigenvalue weighted by Gasteiger charge is -2.28. The highest BCUT2D eigenvalue weighted by Gasteiger charge is 2.19. The van der Waals surface area contributed by atoms with Crippen LogP contribution in [0.15, 0.2) is 30.5 Å². The molecular weight excluding hydrogens is 252 g/mol. The van der Waals surface area contributed by atoms with Crippen molar-refractivity contribution in [3.63, 3.8) is 0 Å². The molecule has 0 atom stereocenters. The number of benzene rings is 1. The number of nitrogens with one attached hydrogen (secondary N) is 2. The summed E-state index contributed by atoms with van der Waals surface area (Å²) in [6.07, 6.45) is 9.65. The van der Waals surface area contributed by atoms with Crippen molar-refractivity contribution in [1.82, 2.24) is 10.3 Å². The van der Waals surface area contributed by atoms with Crippen LogP contribution >= 0.6 is 11.8 Å². The Morgan fingerprint density at radius 2 is 2.05 bits per heavy atom. The zero-order valence-electron chi connectivity index (χ0n) is 11.5. The van der Waals surface area contributed by atoms with Gasteiger partial charge in [-0.3, -0.25) is 0 Å². The molecule has 3 heteroatoms. The largest absolute Gasteiger partial charge is 0.361 e. The molecule has 0 amide bonds. The van der Waals surface area contributed by atoms with Gasteiger partial charge in [-0.2, -0.15) is 11.8 Å². The lowest BCUT2D eigenvalue weighted by Crippen LogP contribution is -2.33. The molecule has 0 aliphatic heterocycles. The van der Waals surface area contributed by atoms with Crippen molar-refractivity contribution >= 4 is 22.7 Å². The number of thioether (sulfide) groups is 1. The first kappa shape index (κ1) is 13.1. The van der Waals surface area contributed by atoms with Crippen LogP contribution in [0.5, 0.6) is 0 Å². The Kier molecular flexibility index (Phi) is 4.14. The second-order valence-electron chi connectivity index (χ2n) is 5.49. The van der Waals surface area contributed by atoms with E-state index in [9.17, 15) is 0 Å². The Labute approximate surface area is 119 Å². The summed E-state index contributed by atoms with van der Waals surface area (Å²) in [7, 11) is 0. The fourth-order valence-corrected chi connectivity index (χ4v) is 3.72. The highest BCUT2D eigenvalue weighted by molar-refractivity contribution is 7.99. The molecule has 1 aliphatic carbocycles. The van der Waals surface area contributed by atoms with E-state index in [1.165, 1.54) is 42.1 Å². The van der Waals surface area contributed by atoms with Gasteiger partial charge < -0.3 is 10.3 Å². The molecule has 102 valence electrons. The van der Waals surface area contributed by atoms with Crippen molar-refractivity contribution in [2.45, 2.75) is 43.5 Å². The highest BCUT2D eigenvalue weighted by atomic mass is 32.2. The number of hydrogen-bond donors (Lipinski definition) is 2. The predicted octanol–water partition coefficient (Wildman–Crippen LogP) is 3.93. The van der Waals surface area contributed by atoms with E-state index in [4.69, 9.17) is 0 Å². The molecule has 19 heavy (non-hydrogen) atoms. The highest BCUT2D eigenvalue weighted by Crippen LogP contribution is 2.27. The molecule has 1 aromatic carbocycles. The first-order valence-corrected chi connectivity index (χ1v) is 8.46. The molecule has 3 rings (SSSR count). The van der Waals surface area contributed by atoms with Gasteiger partial charge in [-0.1, -0.05) is 6.07 Å². The zero-order valence-corrected chi connectivity index (χ0v) is 12.3. The predicted molar refractivity (Wildman–Crippen MR) is 84.7 cm³/mol. The molecule has 2 N–H and O–H groups in total. The van der Waals surface area contributed by atoms with E-state index in [0.717, 1.165) is 11.8 Å². The van der Waals surface area contributed by atoms with E-state index < -0.39 is 0 Å². The minimum absolute atomic E-state index is 0.713. The smallest absolute Gasteiger partial charge is 0.0454 e. The number of aromatic nitrogens is 1. The molecule has 1 saturated carbocycles. The molecule has 0 radical (unpaired) electrons. The van der Waals surface area contributed by atoms with Gasteiger partial charge in [0.05, 0.1) is 0 Å². The normalized spacial score (nSPS) is 23.8. The van der Waals surface area contributed by atoms with Crippen LogP contribution in [0.3, 0.4) is 0 Å². The molecule has 0 bridgehead atoms. The number of fused-ring (bicyclic) bond motifs is 1. The van der Waals surface area contributed by atoms with E-state index in [0.29, 0.717) is 6.04 Å². The van der Waals surface area contributed by atoms with E-state index in [1.807, 2.05) is 18.0 Å². The van der Waals surface area contributed by atoms with Gasteiger partial charge in [-0.25, -0.2) is 0 Å². The Morgan fingerprint density at radius 1 is 1.21 bits per heavy atom. The van der Waals surface area contributed by atoms with Crippen LogP contribution in [0.2, 0.25) is 0 Å². The first-order chi connectivity index (χ1) is 9.35. The standard InChI is InChI=1S/C16H22N2S/c1-19-15-5-3-14(4-6-15)18-11-12-2-7-16-13(10-12)8-9-17-16/h2,7-10,14-15,17-18H,3-6,11H2,1H3. The van der Waals surface area contributed by atoms with Crippen LogP contribution in [-0.4, -0.2) is 22.5 Å². The summed E-state index contributed by atoms with van der Waals surface area (Å²) in [4.78, 5) is 3.24. The average molecular weight is 274 g/mol. The Morgan fingerprint density at radius 3 is 2.84 bits per heavy atom. The first-order valence-electron chi connectivity index (χ1n) is 7.17. The van der Waals surface area contributed by atoms with Crippen molar-refractivity contribution in [3.05, 3.63) is 36.0 Å². The van der Waals surface area contributed by atoms with Gasteiger partial charge in [0.2, 0.25) is 0 Å². The van der Waals surface area contributed by atoms with E-state index in [-0.39, 0.29) is 0 Å². The Balaban J connectivity index is 1.54. The minimum Gasteiger partial charge on any atom is -0.361 e. The maximum absolute atomic E-state index is 3.72. The maximum atomic E-state index is 3.72. The fourth-order valence-electron chi connectivity index (χ4n) is 2.98. The summed E-state index contributed by atoms with van der Waals surface area (Å²) in [6, 6.07) is 9.54. The summed E-state index contributed by atoms with van der Waals surface area (Å²) in [5.74, 6) is 0. The van der Waals surface area contributed by atoms with Gasteiger partial charge in [-0.15, -0.1) is 0 Å². The van der Waals surface area contributed by atoms with Crippen LogP contribution < -0.4 is 5.32 Å². The fraction of sp³-hybridized carbons (Fsp3) is 0.500. The molecular formula is C16H22N2S. The van der Waals surface area contributed by atoms with Gasteiger partial charge >= 0.3 is 0 Å². The second kappa shape index (κ2) is 6.02. The SMILES string of the molecule is CSC1CCC(NCc2ccc3[nH]ccc3c2)CC1. The maximum Gasteiger partial charge on any atom is 0.0454 e. The van der Waals surface area contributed by atoms with Crippen molar-refractivity contribution in [2.24, 2.45) is 0 Å². The molecule has 0 unspecified atom stereocenters. The van der Waals surface area contributed by atoms with Crippen LogP contribution in [0.4, 0.5) is 0 Å². The Hall–Kier alpha value is -0.930. The lowest BCUT2D eigenvalue weighted by molar-refractivity contribution is 0.379. The average Bonchev–Trinajstić information content (AvgIpc) is 2.93. The summed E-state index contributed by atoms with van der Waals surface area (Å²) >= 11 is 2.03. The molecule has 1 fully saturated rings. The minimum atomic E-state index is 0.713. The monoisotopic (exact) mass is 274 g/mol. The zero-order chi connectivity index (χ0) is 13.1. The van der Waals surface area contributed by atoms with Crippen LogP contribution in [0.25, 0.3) is 10.9 Å². The topological polar surface area (TPSA) is 27.8 Å². The lowest BCUT2D eigenvalue weighted by atomic mass is 9.95. The molecule has 2 nitrogen and oxygen atoms in total. The third-order valence-electron chi connectivity index (χ3n) is 4.22. The molecule has 1 heterocycles. The third kappa shape index (κ3) is 3.15. The number of aromatic amines is 1. The Bertz CT molecular complexity index is 526. The third-order valence-corrected chi connectivity index (χ3v) is 5.36. The number of H-pyrrole nitrogens is 1. The van der Waals surface area contributed by atoms with E-state index in [1.54, 1.807) is 0 Å². The van der Waals surface area contributed by atoms with Gasteiger partial charge in [0.1, 0.15) is 0 Å². The van der Waals surface area contributed by atoms with Gasteiger partial charge in [0, 0.05) is 29.6 Å². The summed E-state index contributed by atoms with van der Waals surface area (Å²) in [5, 5.41) is 5.93.